The van der Waals surface area contributed by atoms with Gasteiger partial charge in [-0.2, -0.15) is 0 Å². The number of hydrogen-bond acceptors (Lipinski definition) is 2. The van der Waals surface area contributed by atoms with Gasteiger partial charge in [0.1, 0.15) is 0 Å². The molecule has 0 amide bonds. The predicted molar refractivity (Wildman–Crippen MR) is 67.4 cm³/mol. The average molecular weight is 223 g/mol. The Morgan fingerprint density at radius 1 is 1.47 bits per heavy atom. The molecule has 1 heterocycles. The molecule has 0 radical (unpaired) electrons. The quantitative estimate of drug-likeness (QED) is 0.801. The highest BCUT2D eigenvalue weighted by Gasteiger charge is 2.27. The number of rotatable bonds is 5. The summed E-state index contributed by atoms with van der Waals surface area (Å²) >= 11 is 1.87. The van der Waals surface area contributed by atoms with E-state index in [1.54, 1.807) is 0 Å². The minimum absolute atomic E-state index is 0.520. The van der Waals surface area contributed by atoms with E-state index >= 15 is 0 Å². The second kappa shape index (κ2) is 4.67. The molecule has 1 aliphatic carbocycles. The summed E-state index contributed by atoms with van der Waals surface area (Å²) < 4.78 is 0. The van der Waals surface area contributed by atoms with Gasteiger partial charge in [0, 0.05) is 10.9 Å². The Labute approximate surface area is 96.9 Å². The van der Waals surface area contributed by atoms with Gasteiger partial charge < -0.3 is 5.32 Å². The van der Waals surface area contributed by atoms with Crippen LogP contribution in [0.3, 0.4) is 0 Å². The minimum Gasteiger partial charge on any atom is -0.309 e. The van der Waals surface area contributed by atoms with Gasteiger partial charge in [0.2, 0.25) is 0 Å². The van der Waals surface area contributed by atoms with Crippen molar-refractivity contribution >= 4 is 11.3 Å². The molecule has 0 aliphatic heterocycles. The lowest BCUT2D eigenvalue weighted by atomic mass is 10.1. The van der Waals surface area contributed by atoms with Crippen LogP contribution < -0.4 is 5.32 Å². The zero-order valence-corrected chi connectivity index (χ0v) is 10.7. The summed E-state index contributed by atoms with van der Waals surface area (Å²) in [5.41, 5.74) is 1.43. The van der Waals surface area contributed by atoms with Gasteiger partial charge in [-0.25, -0.2) is 0 Å². The van der Waals surface area contributed by atoms with E-state index in [9.17, 15) is 0 Å². The van der Waals surface area contributed by atoms with E-state index in [0.717, 1.165) is 11.8 Å². The van der Waals surface area contributed by atoms with Crippen molar-refractivity contribution in [2.24, 2.45) is 11.8 Å². The van der Waals surface area contributed by atoms with Crippen LogP contribution >= 0.6 is 11.3 Å². The van der Waals surface area contributed by atoms with Crippen LogP contribution in [-0.4, -0.2) is 6.54 Å². The molecule has 15 heavy (non-hydrogen) atoms. The zero-order chi connectivity index (χ0) is 10.8. The molecule has 1 saturated carbocycles. The Kier molecular flexibility index (Phi) is 3.47. The van der Waals surface area contributed by atoms with Crippen molar-refractivity contribution in [3.63, 3.8) is 0 Å². The Bertz CT molecular complexity index is 314. The predicted octanol–water partition coefficient (Wildman–Crippen LogP) is 3.75. The topological polar surface area (TPSA) is 12.0 Å². The van der Waals surface area contributed by atoms with Gasteiger partial charge in [-0.05, 0) is 62.1 Å². The smallest absolute Gasteiger partial charge is 0.0388 e. The van der Waals surface area contributed by atoms with Crippen LogP contribution in [0.25, 0.3) is 0 Å². The molecule has 0 spiro atoms. The first-order valence-corrected chi connectivity index (χ1v) is 6.84. The lowest BCUT2D eigenvalue weighted by molar-refractivity contribution is 0.433. The van der Waals surface area contributed by atoms with Crippen LogP contribution in [-0.2, 0) is 0 Å². The third-order valence-corrected chi connectivity index (χ3v) is 4.67. The van der Waals surface area contributed by atoms with Gasteiger partial charge in [-0.3, -0.25) is 0 Å². The highest BCUT2D eigenvalue weighted by atomic mass is 32.1. The van der Waals surface area contributed by atoms with Crippen LogP contribution in [0.5, 0.6) is 0 Å². The largest absolute Gasteiger partial charge is 0.309 e. The van der Waals surface area contributed by atoms with Gasteiger partial charge in [-0.15, -0.1) is 11.3 Å². The summed E-state index contributed by atoms with van der Waals surface area (Å²) in [6.45, 7) is 8.02. The number of aryl methyl sites for hydroxylation is 1. The molecule has 0 saturated heterocycles. The van der Waals surface area contributed by atoms with Gasteiger partial charge in [0.25, 0.3) is 0 Å². The lowest BCUT2D eigenvalue weighted by Gasteiger charge is -2.17. The monoisotopic (exact) mass is 223 g/mol. The van der Waals surface area contributed by atoms with Gasteiger partial charge >= 0.3 is 0 Å². The molecule has 2 heteroatoms. The maximum atomic E-state index is 3.66. The molecule has 1 aliphatic rings. The molecule has 2 rings (SSSR count). The molecular formula is C13H21NS. The van der Waals surface area contributed by atoms with Crippen molar-refractivity contribution in [2.45, 2.75) is 39.7 Å². The second-order valence-corrected chi connectivity index (χ2v) is 5.86. The van der Waals surface area contributed by atoms with Crippen molar-refractivity contribution < 1.29 is 0 Å². The maximum Gasteiger partial charge on any atom is 0.0388 e. The molecule has 1 N–H and O–H groups in total. The third-order valence-electron chi connectivity index (χ3n) is 3.47. The molecule has 2 unspecified atom stereocenters. The standard InChI is InChI=1S/C13H21NS/c1-9-6-7-15-13(9)11(3)14-8-10(2)12-4-5-12/h6-7,10-12,14H,4-5,8H2,1-3H3. The van der Waals surface area contributed by atoms with Crippen molar-refractivity contribution in [1.29, 1.82) is 0 Å². The van der Waals surface area contributed by atoms with Crippen molar-refractivity contribution in [3.05, 3.63) is 21.9 Å². The fourth-order valence-corrected chi connectivity index (χ4v) is 3.08. The molecule has 1 fully saturated rings. The van der Waals surface area contributed by atoms with Crippen molar-refractivity contribution in [3.8, 4) is 0 Å². The minimum atomic E-state index is 0.520. The lowest BCUT2D eigenvalue weighted by Crippen LogP contribution is -2.25. The number of hydrogen-bond donors (Lipinski definition) is 1. The highest BCUT2D eigenvalue weighted by molar-refractivity contribution is 7.10. The SMILES string of the molecule is Cc1ccsc1C(C)NCC(C)C1CC1. The van der Waals surface area contributed by atoms with Crippen LogP contribution in [0.4, 0.5) is 0 Å². The summed E-state index contributed by atoms with van der Waals surface area (Å²) in [7, 11) is 0. The van der Waals surface area contributed by atoms with E-state index in [-0.39, 0.29) is 0 Å². The molecule has 84 valence electrons. The molecule has 0 aromatic carbocycles. The Hall–Kier alpha value is -0.340. The summed E-state index contributed by atoms with van der Waals surface area (Å²) in [5.74, 6) is 1.86. The van der Waals surface area contributed by atoms with E-state index in [2.05, 4.69) is 37.5 Å². The summed E-state index contributed by atoms with van der Waals surface area (Å²) in [6, 6.07) is 2.73. The molecule has 1 aromatic heterocycles. The molecule has 1 nitrogen and oxygen atoms in total. The average Bonchev–Trinajstić information content (AvgIpc) is 2.98. The third kappa shape index (κ3) is 2.82. The first-order valence-electron chi connectivity index (χ1n) is 5.96. The van der Waals surface area contributed by atoms with Crippen LogP contribution in [0, 0.1) is 18.8 Å². The van der Waals surface area contributed by atoms with E-state index in [4.69, 9.17) is 0 Å². The zero-order valence-electron chi connectivity index (χ0n) is 9.92. The van der Waals surface area contributed by atoms with E-state index in [1.807, 2.05) is 11.3 Å². The van der Waals surface area contributed by atoms with Gasteiger partial charge in [0.15, 0.2) is 0 Å². The molecule has 1 aromatic rings. The van der Waals surface area contributed by atoms with Crippen LogP contribution in [0.1, 0.15) is 43.2 Å². The van der Waals surface area contributed by atoms with Gasteiger partial charge in [0.05, 0.1) is 0 Å². The molecule has 0 bridgehead atoms. The summed E-state index contributed by atoms with van der Waals surface area (Å²) in [6.07, 6.45) is 2.91. The van der Waals surface area contributed by atoms with Crippen LogP contribution in [0.2, 0.25) is 0 Å². The highest BCUT2D eigenvalue weighted by Crippen LogP contribution is 2.36. The maximum absolute atomic E-state index is 3.66. The first-order chi connectivity index (χ1) is 7.18. The van der Waals surface area contributed by atoms with E-state index < -0.39 is 0 Å². The normalized spacial score (nSPS) is 20.2. The van der Waals surface area contributed by atoms with Crippen molar-refractivity contribution in [1.82, 2.24) is 5.32 Å². The fourth-order valence-electron chi connectivity index (χ4n) is 2.12. The second-order valence-electron chi connectivity index (χ2n) is 4.91. The number of thiophene rings is 1. The Morgan fingerprint density at radius 3 is 2.73 bits per heavy atom. The molecule has 2 atom stereocenters. The number of nitrogens with one attached hydrogen (secondary N) is 1. The Balaban J connectivity index is 1.81. The van der Waals surface area contributed by atoms with Gasteiger partial charge in [-0.1, -0.05) is 6.92 Å². The Morgan fingerprint density at radius 2 is 2.20 bits per heavy atom. The van der Waals surface area contributed by atoms with Crippen LogP contribution in [0.15, 0.2) is 11.4 Å². The van der Waals surface area contributed by atoms with Crippen molar-refractivity contribution in [2.75, 3.05) is 6.54 Å². The summed E-state index contributed by atoms with van der Waals surface area (Å²) in [4.78, 5) is 1.50. The molecular weight excluding hydrogens is 202 g/mol. The first kappa shape index (κ1) is 11.2. The summed E-state index contributed by atoms with van der Waals surface area (Å²) in [5, 5.41) is 5.85. The van der Waals surface area contributed by atoms with E-state index in [0.29, 0.717) is 6.04 Å². The fraction of sp³-hybridized carbons (Fsp3) is 0.692. The van der Waals surface area contributed by atoms with E-state index in [1.165, 1.54) is 29.8 Å².